The van der Waals surface area contributed by atoms with E-state index in [9.17, 15) is 4.79 Å². The maximum Gasteiger partial charge on any atom is 0.240 e. The molecule has 0 atom stereocenters. The van der Waals surface area contributed by atoms with Gasteiger partial charge in [-0.05, 0) is 12.5 Å². The van der Waals surface area contributed by atoms with Gasteiger partial charge in [-0.25, -0.2) is 0 Å². The lowest BCUT2D eigenvalue weighted by Crippen LogP contribution is -2.48. The Hall–Kier alpha value is -2.09. The van der Waals surface area contributed by atoms with E-state index >= 15 is 0 Å². The van der Waals surface area contributed by atoms with Crippen molar-refractivity contribution in [1.29, 1.82) is 0 Å². The van der Waals surface area contributed by atoms with Crippen LogP contribution in [0.2, 0.25) is 0 Å². The highest BCUT2D eigenvalue weighted by Crippen LogP contribution is 2.13. The Balaban J connectivity index is 1.37. The number of carbonyl (C=O) groups excluding carboxylic acids is 1. The zero-order valence-corrected chi connectivity index (χ0v) is 15.2. The predicted molar refractivity (Wildman–Crippen MR) is 102 cm³/mol. The molecule has 0 saturated carbocycles. The van der Waals surface area contributed by atoms with Gasteiger partial charge in [0.15, 0.2) is 0 Å². The summed E-state index contributed by atoms with van der Waals surface area (Å²) in [5.74, 6) is -0.0198. The summed E-state index contributed by atoms with van der Waals surface area (Å²) in [6, 6.07) is 10.3. The third-order valence-corrected chi connectivity index (χ3v) is 4.83. The number of aromatic nitrogens is 2. The number of piperazine rings is 1. The van der Waals surface area contributed by atoms with Crippen molar-refractivity contribution in [2.45, 2.75) is 6.92 Å². The van der Waals surface area contributed by atoms with Crippen molar-refractivity contribution in [3.8, 4) is 0 Å². The summed E-state index contributed by atoms with van der Waals surface area (Å²) in [6.07, 6.45) is 4.36. The number of anilines is 1. The zero-order valence-electron chi connectivity index (χ0n) is 14.4. The van der Waals surface area contributed by atoms with Gasteiger partial charge in [0.05, 0.1) is 6.54 Å². The van der Waals surface area contributed by atoms with Gasteiger partial charge in [0, 0.05) is 32.7 Å². The fourth-order valence-electron chi connectivity index (χ4n) is 2.74. The minimum atomic E-state index is -0.0198. The van der Waals surface area contributed by atoms with Gasteiger partial charge in [-0.1, -0.05) is 53.8 Å². The Morgan fingerprint density at radius 3 is 2.56 bits per heavy atom. The van der Waals surface area contributed by atoms with Crippen LogP contribution in [0, 0.1) is 6.92 Å². The van der Waals surface area contributed by atoms with Crippen molar-refractivity contribution in [2.24, 2.45) is 0 Å². The first-order valence-electron chi connectivity index (χ1n) is 8.45. The largest absolute Gasteiger partial charge is 0.299 e. The first-order chi connectivity index (χ1) is 12.2. The molecule has 1 aliphatic rings. The van der Waals surface area contributed by atoms with Crippen molar-refractivity contribution in [1.82, 2.24) is 20.0 Å². The highest BCUT2D eigenvalue weighted by atomic mass is 32.1. The summed E-state index contributed by atoms with van der Waals surface area (Å²) in [6.45, 7) is 6.99. The number of carbonyl (C=O) groups is 1. The Labute approximate surface area is 152 Å². The number of aryl methyl sites for hydroxylation is 1. The van der Waals surface area contributed by atoms with Crippen molar-refractivity contribution < 1.29 is 4.79 Å². The van der Waals surface area contributed by atoms with Crippen LogP contribution in [0.5, 0.6) is 0 Å². The zero-order chi connectivity index (χ0) is 17.5. The van der Waals surface area contributed by atoms with Crippen LogP contribution >= 0.6 is 11.3 Å². The number of benzene rings is 1. The third-order valence-electron chi connectivity index (χ3n) is 4.08. The van der Waals surface area contributed by atoms with E-state index in [1.54, 1.807) is 0 Å². The molecule has 7 heteroatoms. The van der Waals surface area contributed by atoms with Crippen molar-refractivity contribution in [2.75, 3.05) is 44.6 Å². The Bertz CT molecular complexity index is 707. The quantitative estimate of drug-likeness (QED) is 0.858. The van der Waals surface area contributed by atoms with E-state index in [2.05, 4.69) is 49.6 Å². The van der Waals surface area contributed by atoms with E-state index < -0.39 is 0 Å². The summed E-state index contributed by atoms with van der Waals surface area (Å²) in [5.41, 5.74) is 1.23. The van der Waals surface area contributed by atoms with Crippen LogP contribution < -0.4 is 5.32 Å². The van der Waals surface area contributed by atoms with E-state index in [1.165, 1.54) is 16.9 Å². The minimum Gasteiger partial charge on any atom is -0.299 e. The third kappa shape index (κ3) is 5.74. The second-order valence-corrected chi connectivity index (χ2v) is 7.25. The average molecular weight is 357 g/mol. The molecule has 1 saturated heterocycles. The summed E-state index contributed by atoms with van der Waals surface area (Å²) in [4.78, 5) is 16.6. The Kier molecular flexibility index (Phi) is 6.27. The summed E-state index contributed by atoms with van der Waals surface area (Å²) in [7, 11) is 0. The summed E-state index contributed by atoms with van der Waals surface area (Å²) < 4.78 is 0. The molecule has 2 heterocycles. The average Bonchev–Trinajstić information content (AvgIpc) is 3.02. The molecule has 3 rings (SSSR count). The lowest BCUT2D eigenvalue weighted by atomic mass is 10.2. The van der Waals surface area contributed by atoms with E-state index in [0.29, 0.717) is 11.7 Å². The highest BCUT2D eigenvalue weighted by Gasteiger charge is 2.18. The van der Waals surface area contributed by atoms with Gasteiger partial charge in [-0.15, -0.1) is 10.2 Å². The summed E-state index contributed by atoms with van der Waals surface area (Å²) >= 11 is 1.40. The SMILES string of the molecule is Cc1nnc(NC(=O)CN2CCN(C/C=C/c3ccccc3)CC2)s1. The number of hydrogen-bond donors (Lipinski definition) is 1. The first kappa shape index (κ1) is 17.7. The number of hydrogen-bond acceptors (Lipinski definition) is 6. The molecule has 0 bridgehead atoms. The topological polar surface area (TPSA) is 61.4 Å². The lowest BCUT2D eigenvalue weighted by Gasteiger charge is -2.33. The molecule has 1 aliphatic heterocycles. The molecule has 0 spiro atoms. The minimum absolute atomic E-state index is 0.0198. The standard InChI is InChI=1S/C18H23N5OS/c1-15-20-21-18(25-15)19-17(24)14-23-12-10-22(11-13-23)9-5-8-16-6-3-2-4-7-16/h2-8H,9-14H2,1H3,(H,19,21,24)/b8-5+. The fraction of sp³-hybridized carbons (Fsp3) is 0.389. The molecule has 6 nitrogen and oxygen atoms in total. The van der Waals surface area contributed by atoms with Gasteiger partial charge in [0.2, 0.25) is 11.0 Å². The molecule has 1 N–H and O–H groups in total. The Morgan fingerprint density at radius 1 is 1.16 bits per heavy atom. The van der Waals surface area contributed by atoms with Gasteiger partial charge in [0.25, 0.3) is 0 Å². The van der Waals surface area contributed by atoms with Crippen LogP contribution in [-0.4, -0.2) is 65.2 Å². The number of amides is 1. The molecule has 25 heavy (non-hydrogen) atoms. The normalized spacial score (nSPS) is 16.4. The number of rotatable bonds is 6. The van der Waals surface area contributed by atoms with Crippen LogP contribution in [0.1, 0.15) is 10.6 Å². The molecule has 1 aromatic heterocycles. The second kappa shape index (κ2) is 8.84. The van der Waals surface area contributed by atoms with Crippen LogP contribution in [-0.2, 0) is 4.79 Å². The predicted octanol–water partition coefficient (Wildman–Crippen LogP) is 2.12. The molecule has 1 amide bonds. The molecule has 1 fully saturated rings. The van der Waals surface area contributed by atoms with Gasteiger partial charge >= 0.3 is 0 Å². The van der Waals surface area contributed by atoms with E-state index in [0.717, 1.165) is 37.7 Å². The van der Waals surface area contributed by atoms with E-state index in [-0.39, 0.29) is 5.91 Å². The van der Waals surface area contributed by atoms with E-state index in [1.807, 2.05) is 25.1 Å². The lowest BCUT2D eigenvalue weighted by molar-refractivity contribution is -0.117. The van der Waals surface area contributed by atoms with Crippen molar-refractivity contribution in [3.05, 3.63) is 47.0 Å². The molecule has 0 aliphatic carbocycles. The van der Waals surface area contributed by atoms with Gasteiger partial charge in [-0.2, -0.15) is 0 Å². The van der Waals surface area contributed by atoms with Crippen LogP contribution in [0.3, 0.4) is 0 Å². The number of nitrogens with one attached hydrogen (secondary N) is 1. The fourth-order valence-corrected chi connectivity index (χ4v) is 3.35. The number of nitrogens with zero attached hydrogens (tertiary/aromatic N) is 4. The molecule has 132 valence electrons. The highest BCUT2D eigenvalue weighted by molar-refractivity contribution is 7.15. The first-order valence-corrected chi connectivity index (χ1v) is 9.27. The van der Waals surface area contributed by atoms with Crippen LogP contribution in [0.4, 0.5) is 5.13 Å². The molecular formula is C18H23N5OS. The molecule has 2 aromatic rings. The van der Waals surface area contributed by atoms with Crippen molar-refractivity contribution in [3.63, 3.8) is 0 Å². The second-order valence-electron chi connectivity index (χ2n) is 6.06. The molecular weight excluding hydrogens is 334 g/mol. The van der Waals surface area contributed by atoms with Crippen LogP contribution in [0.25, 0.3) is 6.08 Å². The van der Waals surface area contributed by atoms with E-state index in [4.69, 9.17) is 0 Å². The van der Waals surface area contributed by atoms with Gasteiger partial charge in [-0.3, -0.25) is 19.9 Å². The molecule has 0 unspecified atom stereocenters. The van der Waals surface area contributed by atoms with Gasteiger partial charge < -0.3 is 0 Å². The molecule has 1 aromatic carbocycles. The monoisotopic (exact) mass is 357 g/mol. The maximum atomic E-state index is 12.1. The molecule has 0 radical (unpaired) electrons. The Morgan fingerprint density at radius 2 is 1.88 bits per heavy atom. The van der Waals surface area contributed by atoms with Crippen molar-refractivity contribution >= 4 is 28.5 Å². The van der Waals surface area contributed by atoms with Crippen LogP contribution in [0.15, 0.2) is 36.4 Å². The van der Waals surface area contributed by atoms with Gasteiger partial charge in [0.1, 0.15) is 5.01 Å². The maximum absolute atomic E-state index is 12.1. The smallest absolute Gasteiger partial charge is 0.240 e. The summed E-state index contributed by atoms with van der Waals surface area (Å²) in [5, 5.41) is 12.1.